The number of amides is 1. The van der Waals surface area contributed by atoms with Crippen molar-refractivity contribution in [1.82, 2.24) is 4.90 Å². The van der Waals surface area contributed by atoms with Crippen LogP contribution in [-0.2, 0) is 11.2 Å². The number of fused-ring (bicyclic) bond motifs is 1. The smallest absolute Gasteiger partial charge is 0.222 e. The molecule has 0 unspecified atom stereocenters. The number of nitrogens with zero attached hydrogens (tertiary/aromatic N) is 1. The number of benzene rings is 2. The minimum absolute atomic E-state index is 0.0860. The molecule has 2 rings (SSSR count). The molecule has 118 valence electrons. The zero-order valence-electron chi connectivity index (χ0n) is 13.7. The maximum atomic E-state index is 12.0. The van der Waals surface area contributed by atoms with Gasteiger partial charge in [-0.2, -0.15) is 0 Å². The predicted molar refractivity (Wildman–Crippen MR) is 90.8 cm³/mol. The van der Waals surface area contributed by atoms with Crippen LogP contribution >= 0.6 is 0 Å². The molecule has 0 aliphatic carbocycles. The fourth-order valence-electron chi connectivity index (χ4n) is 2.70. The number of hydrogen-bond acceptors (Lipinski definition) is 2. The number of likely N-dealkylation sites (N-methyl/N-ethyl adjacent to an activating group) is 1. The quantitative estimate of drug-likeness (QED) is 0.888. The molecule has 2 aromatic carbocycles. The Balaban J connectivity index is 1.85. The average Bonchev–Trinajstić information content (AvgIpc) is 2.45. The topological polar surface area (TPSA) is 40.5 Å². The SMILES string of the molecule is CN(CC(C)(C)O)C(=O)CCCc1ccc2ccccc2c1. The summed E-state index contributed by atoms with van der Waals surface area (Å²) in [6.07, 6.45) is 2.24. The summed E-state index contributed by atoms with van der Waals surface area (Å²) in [4.78, 5) is 13.6. The van der Waals surface area contributed by atoms with Crippen LogP contribution < -0.4 is 0 Å². The Morgan fingerprint density at radius 2 is 1.82 bits per heavy atom. The number of hydrogen-bond donors (Lipinski definition) is 1. The fraction of sp³-hybridized carbons (Fsp3) is 0.421. The molecule has 0 radical (unpaired) electrons. The van der Waals surface area contributed by atoms with E-state index in [-0.39, 0.29) is 5.91 Å². The lowest BCUT2D eigenvalue weighted by Crippen LogP contribution is -2.39. The summed E-state index contributed by atoms with van der Waals surface area (Å²) < 4.78 is 0. The van der Waals surface area contributed by atoms with Gasteiger partial charge in [-0.3, -0.25) is 4.79 Å². The summed E-state index contributed by atoms with van der Waals surface area (Å²) in [7, 11) is 1.75. The standard InChI is InChI=1S/C19H25NO2/c1-19(2,22)14-20(3)18(21)10-6-7-15-11-12-16-8-4-5-9-17(16)13-15/h4-5,8-9,11-13,22H,6-7,10,14H2,1-3H3. The Bertz CT molecular complexity index is 643. The molecule has 0 saturated heterocycles. The first kappa shape index (κ1) is 16.5. The van der Waals surface area contributed by atoms with Crippen molar-refractivity contribution < 1.29 is 9.90 Å². The maximum Gasteiger partial charge on any atom is 0.222 e. The zero-order chi connectivity index (χ0) is 16.2. The minimum atomic E-state index is -0.844. The Morgan fingerprint density at radius 1 is 1.14 bits per heavy atom. The Hall–Kier alpha value is -1.87. The Morgan fingerprint density at radius 3 is 2.50 bits per heavy atom. The van der Waals surface area contributed by atoms with Crippen molar-refractivity contribution in [3.63, 3.8) is 0 Å². The van der Waals surface area contributed by atoms with Crippen LogP contribution in [0.1, 0.15) is 32.3 Å². The first-order valence-electron chi connectivity index (χ1n) is 7.79. The molecule has 0 aliphatic rings. The first-order chi connectivity index (χ1) is 10.3. The summed E-state index contributed by atoms with van der Waals surface area (Å²) >= 11 is 0. The molecule has 0 fully saturated rings. The third-order valence-electron chi connectivity index (χ3n) is 3.72. The van der Waals surface area contributed by atoms with Gasteiger partial charge in [0.15, 0.2) is 0 Å². The lowest BCUT2D eigenvalue weighted by Gasteiger charge is -2.25. The van der Waals surface area contributed by atoms with Gasteiger partial charge in [0, 0.05) is 20.0 Å². The van der Waals surface area contributed by atoms with E-state index in [4.69, 9.17) is 0 Å². The highest BCUT2D eigenvalue weighted by atomic mass is 16.3. The molecule has 2 aromatic rings. The van der Waals surface area contributed by atoms with Gasteiger partial charge in [0.25, 0.3) is 0 Å². The van der Waals surface area contributed by atoms with Crippen LogP contribution in [0.2, 0.25) is 0 Å². The van der Waals surface area contributed by atoms with E-state index in [0.29, 0.717) is 13.0 Å². The van der Waals surface area contributed by atoms with Crippen LogP contribution in [0.25, 0.3) is 10.8 Å². The summed E-state index contributed by atoms with van der Waals surface area (Å²) in [6.45, 7) is 3.79. The highest BCUT2D eigenvalue weighted by molar-refractivity contribution is 5.83. The molecule has 0 atom stereocenters. The van der Waals surface area contributed by atoms with Gasteiger partial charge in [-0.15, -0.1) is 0 Å². The molecule has 0 aliphatic heterocycles. The van der Waals surface area contributed by atoms with Crippen molar-refractivity contribution in [1.29, 1.82) is 0 Å². The third kappa shape index (κ3) is 4.85. The monoisotopic (exact) mass is 299 g/mol. The van der Waals surface area contributed by atoms with E-state index < -0.39 is 5.60 Å². The van der Waals surface area contributed by atoms with E-state index in [9.17, 15) is 9.90 Å². The van der Waals surface area contributed by atoms with E-state index in [1.807, 2.05) is 12.1 Å². The van der Waals surface area contributed by atoms with Crippen LogP contribution in [0, 0.1) is 0 Å². The second-order valence-corrected chi connectivity index (χ2v) is 6.60. The molecule has 1 amide bonds. The van der Waals surface area contributed by atoms with Gasteiger partial charge in [0.1, 0.15) is 0 Å². The average molecular weight is 299 g/mol. The molecule has 3 heteroatoms. The minimum Gasteiger partial charge on any atom is -0.389 e. The fourth-order valence-corrected chi connectivity index (χ4v) is 2.70. The van der Waals surface area contributed by atoms with Gasteiger partial charge >= 0.3 is 0 Å². The van der Waals surface area contributed by atoms with Crippen LogP contribution in [0.15, 0.2) is 42.5 Å². The van der Waals surface area contributed by atoms with Crippen LogP contribution in [0.3, 0.4) is 0 Å². The molecular weight excluding hydrogens is 274 g/mol. The van der Waals surface area contributed by atoms with Gasteiger partial charge in [-0.05, 0) is 43.0 Å². The molecule has 1 N–H and O–H groups in total. The lowest BCUT2D eigenvalue weighted by molar-refractivity contribution is -0.132. The van der Waals surface area contributed by atoms with Crippen molar-refractivity contribution in [3.8, 4) is 0 Å². The van der Waals surface area contributed by atoms with Gasteiger partial charge in [0.2, 0.25) is 5.91 Å². The first-order valence-corrected chi connectivity index (χ1v) is 7.79. The molecule has 0 spiro atoms. The van der Waals surface area contributed by atoms with Crippen LogP contribution in [0.5, 0.6) is 0 Å². The van der Waals surface area contributed by atoms with Crippen molar-refractivity contribution >= 4 is 16.7 Å². The Labute approximate surface area is 132 Å². The van der Waals surface area contributed by atoms with E-state index >= 15 is 0 Å². The number of carbonyl (C=O) groups excluding carboxylic acids is 1. The highest BCUT2D eigenvalue weighted by Crippen LogP contribution is 2.17. The Kier molecular flexibility index (Phi) is 5.19. The number of carbonyl (C=O) groups is 1. The summed E-state index contributed by atoms with van der Waals surface area (Å²) in [5.41, 5.74) is 0.416. The number of aliphatic hydroxyl groups is 1. The van der Waals surface area contributed by atoms with Crippen molar-refractivity contribution in [2.75, 3.05) is 13.6 Å². The van der Waals surface area contributed by atoms with E-state index in [2.05, 4.69) is 30.3 Å². The molecule has 22 heavy (non-hydrogen) atoms. The van der Waals surface area contributed by atoms with Gasteiger partial charge in [-0.1, -0.05) is 42.5 Å². The molecule has 0 saturated carbocycles. The van der Waals surface area contributed by atoms with E-state index in [1.54, 1.807) is 25.8 Å². The molecule has 0 aromatic heterocycles. The van der Waals surface area contributed by atoms with Crippen molar-refractivity contribution in [2.24, 2.45) is 0 Å². The van der Waals surface area contributed by atoms with E-state index in [0.717, 1.165) is 12.8 Å². The maximum absolute atomic E-state index is 12.0. The summed E-state index contributed by atoms with van der Waals surface area (Å²) in [6, 6.07) is 14.8. The van der Waals surface area contributed by atoms with Crippen molar-refractivity contribution in [3.05, 3.63) is 48.0 Å². The van der Waals surface area contributed by atoms with E-state index in [1.165, 1.54) is 16.3 Å². The molecular formula is C19H25NO2. The van der Waals surface area contributed by atoms with Crippen LogP contribution in [0.4, 0.5) is 0 Å². The van der Waals surface area contributed by atoms with Crippen LogP contribution in [-0.4, -0.2) is 35.1 Å². The number of aryl methyl sites for hydroxylation is 1. The normalized spacial score (nSPS) is 11.6. The van der Waals surface area contributed by atoms with Gasteiger partial charge in [0.05, 0.1) is 5.60 Å². The zero-order valence-corrected chi connectivity index (χ0v) is 13.7. The second kappa shape index (κ2) is 6.93. The largest absolute Gasteiger partial charge is 0.389 e. The van der Waals surface area contributed by atoms with Gasteiger partial charge in [-0.25, -0.2) is 0 Å². The predicted octanol–water partition coefficient (Wildman–Crippen LogP) is 3.39. The molecule has 3 nitrogen and oxygen atoms in total. The lowest BCUT2D eigenvalue weighted by atomic mass is 10.0. The number of rotatable bonds is 6. The van der Waals surface area contributed by atoms with Gasteiger partial charge < -0.3 is 10.0 Å². The highest BCUT2D eigenvalue weighted by Gasteiger charge is 2.18. The molecule has 0 heterocycles. The second-order valence-electron chi connectivity index (χ2n) is 6.60. The summed E-state index contributed by atoms with van der Waals surface area (Å²) in [5, 5.41) is 12.2. The molecule has 0 bridgehead atoms. The summed E-state index contributed by atoms with van der Waals surface area (Å²) in [5.74, 6) is 0.0860. The van der Waals surface area contributed by atoms with Crippen molar-refractivity contribution in [2.45, 2.75) is 38.7 Å². The third-order valence-corrected chi connectivity index (χ3v) is 3.72.